The molecule has 2 bridgehead atoms. The van der Waals surface area contributed by atoms with E-state index in [4.69, 9.17) is 4.74 Å². The third kappa shape index (κ3) is 7.93. The van der Waals surface area contributed by atoms with E-state index in [-0.39, 0.29) is 30.8 Å². The molecule has 6 rings (SSSR count). The Hall–Kier alpha value is -4.87. The highest BCUT2D eigenvalue weighted by molar-refractivity contribution is 5.96. The maximum Gasteiger partial charge on any atom is 0.258 e. The third-order valence-electron chi connectivity index (χ3n) is 8.86. The highest BCUT2D eigenvalue weighted by Crippen LogP contribution is 2.22. The van der Waals surface area contributed by atoms with E-state index >= 15 is 0 Å². The lowest BCUT2D eigenvalue weighted by atomic mass is 10.0. The fourth-order valence-electron chi connectivity index (χ4n) is 6.26. The van der Waals surface area contributed by atoms with Crippen molar-refractivity contribution in [3.8, 4) is 5.75 Å². The molecule has 0 saturated carbocycles. The molecule has 3 aliphatic rings. The van der Waals surface area contributed by atoms with Crippen LogP contribution in [0.15, 0.2) is 54.6 Å². The van der Waals surface area contributed by atoms with Crippen LogP contribution in [-0.4, -0.2) is 82.9 Å². The predicted molar refractivity (Wildman–Crippen MR) is 176 cm³/mol. The first-order valence-electron chi connectivity index (χ1n) is 16.3. The topological polar surface area (TPSA) is 151 Å². The van der Waals surface area contributed by atoms with Gasteiger partial charge < -0.3 is 35.5 Å². The lowest BCUT2D eigenvalue weighted by molar-refractivity contribution is -0.143. The van der Waals surface area contributed by atoms with Gasteiger partial charge in [0.15, 0.2) is 6.61 Å². The van der Waals surface area contributed by atoms with Gasteiger partial charge in [-0.2, -0.15) is 0 Å². The zero-order chi connectivity index (χ0) is 33.7. The minimum Gasteiger partial charge on any atom is -0.484 e. The molecular formula is C35H44N6O6. The van der Waals surface area contributed by atoms with E-state index in [1.807, 2.05) is 45.0 Å². The number of rotatable bonds is 5. The van der Waals surface area contributed by atoms with Crippen LogP contribution in [0, 0.1) is 12.8 Å². The second-order valence-corrected chi connectivity index (χ2v) is 12.7. The van der Waals surface area contributed by atoms with Gasteiger partial charge >= 0.3 is 0 Å². The van der Waals surface area contributed by atoms with E-state index < -0.39 is 41.9 Å². The number of nitrogens with one attached hydrogen (secondary N) is 4. The summed E-state index contributed by atoms with van der Waals surface area (Å²) in [7, 11) is 0. The first kappa shape index (κ1) is 33.5. The van der Waals surface area contributed by atoms with Gasteiger partial charge in [-0.05, 0) is 67.8 Å². The minimum absolute atomic E-state index is 0.186. The maximum atomic E-state index is 13.6. The summed E-state index contributed by atoms with van der Waals surface area (Å²) in [6, 6.07) is 13.5. The van der Waals surface area contributed by atoms with Gasteiger partial charge in [-0.25, -0.2) is 0 Å². The van der Waals surface area contributed by atoms with Crippen LogP contribution in [0.2, 0.25) is 0 Å². The molecule has 1 aromatic heterocycles. The van der Waals surface area contributed by atoms with Crippen LogP contribution in [-0.2, 0) is 36.9 Å². The van der Waals surface area contributed by atoms with Crippen LogP contribution in [0.5, 0.6) is 5.75 Å². The predicted octanol–water partition coefficient (Wildman–Crippen LogP) is 1.82. The van der Waals surface area contributed by atoms with Crippen LogP contribution in [0.25, 0.3) is 10.9 Å². The smallest absolute Gasteiger partial charge is 0.258 e. The lowest BCUT2D eigenvalue weighted by Gasteiger charge is -2.31. The molecule has 0 radical (unpaired) electrons. The molecule has 5 amide bonds. The van der Waals surface area contributed by atoms with E-state index in [0.29, 0.717) is 38.2 Å². The van der Waals surface area contributed by atoms with Gasteiger partial charge in [-0.15, -0.1) is 0 Å². The Kier molecular flexibility index (Phi) is 10.5. The van der Waals surface area contributed by atoms with Gasteiger partial charge in [-0.1, -0.05) is 44.2 Å². The molecule has 4 atom stereocenters. The Morgan fingerprint density at radius 1 is 1.00 bits per heavy atom. The van der Waals surface area contributed by atoms with Crippen molar-refractivity contribution < 1.29 is 28.7 Å². The Morgan fingerprint density at radius 3 is 2.49 bits per heavy atom. The van der Waals surface area contributed by atoms with Gasteiger partial charge in [0.2, 0.25) is 23.6 Å². The number of carbonyl (C=O) groups excluding carboxylic acids is 5. The fourth-order valence-corrected chi connectivity index (χ4v) is 6.26. The number of aromatic nitrogens is 1. The summed E-state index contributed by atoms with van der Waals surface area (Å²) >= 11 is 0. The zero-order valence-electron chi connectivity index (χ0n) is 27.4. The fraction of sp³-hybridized carbons (Fsp3) is 0.457. The summed E-state index contributed by atoms with van der Waals surface area (Å²) in [5.41, 5.74) is 2.91. The molecule has 0 spiro atoms. The van der Waals surface area contributed by atoms with Crippen molar-refractivity contribution in [3.05, 3.63) is 65.9 Å². The lowest BCUT2D eigenvalue weighted by Crippen LogP contribution is -2.58. The summed E-state index contributed by atoms with van der Waals surface area (Å²) in [5.74, 6) is -1.94. The largest absolute Gasteiger partial charge is 0.484 e. The maximum absolute atomic E-state index is 13.6. The third-order valence-corrected chi connectivity index (χ3v) is 8.86. The van der Waals surface area contributed by atoms with Crippen LogP contribution in [0.1, 0.15) is 44.9 Å². The van der Waals surface area contributed by atoms with Crippen molar-refractivity contribution in [3.63, 3.8) is 0 Å². The number of amides is 5. The van der Waals surface area contributed by atoms with Gasteiger partial charge in [-0.3, -0.25) is 24.0 Å². The summed E-state index contributed by atoms with van der Waals surface area (Å²) < 4.78 is 7.82. The van der Waals surface area contributed by atoms with Crippen LogP contribution < -0.4 is 26.0 Å². The second kappa shape index (κ2) is 14.7. The Balaban J connectivity index is 1.34. The molecule has 12 nitrogen and oxygen atoms in total. The molecule has 0 unspecified atom stereocenters. The standard InChI is InChI=1S/C35H44N6O6/c1-21(2)31-35(46)41-16-7-10-29(41)34(45)37-23(4)32(43)38-27(19-24-11-13-26(14-12-24)47-20-30(42)39-31)33(44)36-15-17-40-22(3)18-25-8-5-6-9-28(25)40/h5-6,8-9,11-14,18,21,23,27,29,31H,7,10,15-17,19-20H2,1-4H3,(H,36,44)(H,37,45)(H,38,43)(H,39,42)/t23-,27-,29-,31+/m0/s1. The van der Waals surface area contributed by atoms with Gasteiger partial charge in [0.05, 0.1) is 0 Å². The van der Waals surface area contributed by atoms with E-state index in [1.165, 1.54) is 4.90 Å². The van der Waals surface area contributed by atoms with Crippen molar-refractivity contribution in [2.24, 2.45) is 5.92 Å². The summed E-state index contributed by atoms with van der Waals surface area (Å²) in [6.45, 7) is 8.18. The monoisotopic (exact) mass is 644 g/mol. The van der Waals surface area contributed by atoms with Crippen molar-refractivity contribution in [2.75, 3.05) is 19.7 Å². The first-order valence-corrected chi connectivity index (χ1v) is 16.3. The molecule has 1 saturated heterocycles. The SMILES string of the molecule is Cc1cc2ccccc2n1CCNC(=O)[C@@H]1Cc2ccc(cc2)OCC(=O)N[C@H](C(C)C)C(=O)N2CCC[C@H]2C(=O)N[C@@H](C)C(=O)N1. The number of para-hydroxylation sites is 1. The van der Waals surface area contributed by atoms with E-state index in [1.54, 1.807) is 31.2 Å². The molecular weight excluding hydrogens is 600 g/mol. The number of aryl methyl sites for hydroxylation is 1. The first-order chi connectivity index (χ1) is 22.5. The molecule has 250 valence electrons. The average molecular weight is 645 g/mol. The molecule has 2 aromatic carbocycles. The molecule has 4 N–H and O–H groups in total. The molecule has 1 fully saturated rings. The number of fused-ring (bicyclic) bond motifs is 14. The molecule has 0 aliphatic carbocycles. The summed E-state index contributed by atoms with van der Waals surface area (Å²) in [5, 5.41) is 12.4. The van der Waals surface area contributed by atoms with E-state index in [0.717, 1.165) is 22.2 Å². The minimum atomic E-state index is -0.970. The normalized spacial score (nSPS) is 22.9. The summed E-state index contributed by atoms with van der Waals surface area (Å²) in [4.78, 5) is 68.2. The number of hydrogen-bond acceptors (Lipinski definition) is 6. The zero-order valence-corrected chi connectivity index (χ0v) is 27.4. The van der Waals surface area contributed by atoms with Gasteiger partial charge in [0.25, 0.3) is 5.91 Å². The Labute approximate surface area is 274 Å². The van der Waals surface area contributed by atoms with Crippen molar-refractivity contribution in [1.82, 2.24) is 30.7 Å². The van der Waals surface area contributed by atoms with Crippen molar-refractivity contribution >= 4 is 40.4 Å². The van der Waals surface area contributed by atoms with Crippen molar-refractivity contribution in [1.29, 1.82) is 0 Å². The number of benzene rings is 2. The van der Waals surface area contributed by atoms with E-state index in [9.17, 15) is 24.0 Å². The van der Waals surface area contributed by atoms with Crippen LogP contribution in [0.3, 0.4) is 0 Å². The molecule has 12 heteroatoms. The number of hydrogen-bond donors (Lipinski definition) is 4. The molecule has 47 heavy (non-hydrogen) atoms. The van der Waals surface area contributed by atoms with Crippen molar-refractivity contribution in [2.45, 2.75) is 77.7 Å². The second-order valence-electron chi connectivity index (χ2n) is 12.7. The van der Waals surface area contributed by atoms with Crippen LogP contribution in [0.4, 0.5) is 0 Å². The van der Waals surface area contributed by atoms with E-state index in [2.05, 4.69) is 31.9 Å². The van der Waals surface area contributed by atoms with Crippen LogP contribution >= 0.6 is 0 Å². The Morgan fingerprint density at radius 2 is 1.74 bits per heavy atom. The number of ether oxygens (including phenoxy) is 1. The molecule has 4 heterocycles. The number of carbonyl (C=O) groups is 5. The number of nitrogens with zero attached hydrogens (tertiary/aromatic N) is 2. The molecule has 3 aliphatic heterocycles. The highest BCUT2D eigenvalue weighted by atomic mass is 16.5. The van der Waals surface area contributed by atoms with Gasteiger partial charge in [0, 0.05) is 37.3 Å². The average Bonchev–Trinajstić information content (AvgIpc) is 3.66. The van der Waals surface area contributed by atoms with Gasteiger partial charge in [0.1, 0.15) is 29.9 Å². The quantitative estimate of drug-likeness (QED) is 0.333. The summed E-state index contributed by atoms with van der Waals surface area (Å²) in [6.07, 6.45) is 1.23. The molecule has 3 aromatic rings. The highest BCUT2D eigenvalue weighted by Gasteiger charge is 2.39. The Bertz CT molecular complexity index is 1630.